The minimum absolute atomic E-state index is 0.0337. The van der Waals surface area contributed by atoms with Crippen molar-refractivity contribution >= 4 is 34.4 Å². The van der Waals surface area contributed by atoms with Crippen LogP contribution in [0.4, 0.5) is 0 Å². The molecule has 5 rings (SSSR count). The van der Waals surface area contributed by atoms with Gasteiger partial charge < -0.3 is 18.9 Å². The summed E-state index contributed by atoms with van der Waals surface area (Å²) in [5.41, 5.74) is 1.23. The van der Waals surface area contributed by atoms with Crippen LogP contribution in [0.5, 0.6) is 0 Å². The van der Waals surface area contributed by atoms with Crippen molar-refractivity contribution in [3.63, 3.8) is 0 Å². The first-order valence-electron chi connectivity index (χ1n) is 9.67. The van der Waals surface area contributed by atoms with Crippen LogP contribution in [-0.2, 0) is 18.9 Å². The number of imidazole rings is 1. The molecule has 0 spiro atoms. The van der Waals surface area contributed by atoms with E-state index in [0.717, 1.165) is 5.56 Å². The Morgan fingerprint density at radius 2 is 2.00 bits per heavy atom. The Kier molecular flexibility index (Phi) is 5.70. The average molecular weight is 482 g/mol. The lowest BCUT2D eigenvalue weighted by Crippen LogP contribution is -2.62. The molecule has 2 saturated heterocycles. The number of hydrogen-bond acceptors (Lipinski definition) is 9. The van der Waals surface area contributed by atoms with Gasteiger partial charge in [-0.1, -0.05) is 41.9 Å². The second-order valence-corrected chi connectivity index (χ2v) is 8.03. The van der Waals surface area contributed by atoms with Crippen molar-refractivity contribution in [1.29, 1.82) is 0 Å². The van der Waals surface area contributed by atoms with Crippen molar-refractivity contribution in [1.82, 2.24) is 19.5 Å². The Morgan fingerprint density at radius 1 is 1.22 bits per heavy atom. The molecule has 2 aliphatic heterocycles. The minimum atomic E-state index is -1.27. The number of benzene rings is 1. The van der Waals surface area contributed by atoms with E-state index in [1.807, 2.05) is 30.3 Å². The molecule has 1 unspecified atom stereocenters. The van der Waals surface area contributed by atoms with Gasteiger partial charge in [-0.3, -0.25) is 14.7 Å². The summed E-state index contributed by atoms with van der Waals surface area (Å²) in [4.78, 5) is 24.2. The van der Waals surface area contributed by atoms with Gasteiger partial charge in [0.05, 0.1) is 12.9 Å². The van der Waals surface area contributed by atoms with Crippen LogP contribution in [0.1, 0.15) is 17.9 Å². The molecule has 32 heavy (non-hydrogen) atoms. The first kappa shape index (κ1) is 21.4. The molecule has 13 heteroatoms. The second-order valence-electron chi connectivity index (χ2n) is 7.33. The molecule has 0 saturated carbocycles. The van der Waals surface area contributed by atoms with Crippen LogP contribution in [0.2, 0.25) is 10.4 Å². The van der Waals surface area contributed by atoms with Gasteiger partial charge in [0, 0.05) is 17.6 Å². The third kappa shape index (κ3) is 3.60. The smallest absolute Gasteiger partial charge is 0.267 e. The lowest BCUT2D eigenvalue weighted by molar-refractivity contribution is -0.568. The van der Waals surface area contributed by atoms with Gasteiger partial charge in [0.25, 0.3) is 6.04 Å². The normalized spacial score (nSPS) is 30.2. The SMILES string of the molecule is CO[C@@H]1O[C@@H]2COC(c3ccccc3)O[C@H]2[C@H]([N+](=O)[O-])[C@H]1n1cnc2c(Cl)nc(Cl)nc21. The Hall–Kier alpha value is -2.41. The van der Waals surface area contributed by atoms with Gasteiger partial charge in [-0.25, -0.2) is 9.97 Å². The largest absolute Gasteiger partial charge is 0.353 e. The Balaban J connectivity index is 1.57. The number of ether oxygens (including phenoxy) is 4. The molecule has 4 heterocycles. The molecule has 168 valence electrons. The molecule has 0 N–H and O–H groups in total. The maximum atomic E-state index is 12.3. The maximum Gasteiger partial charge on any atom is 0.267 e. The fourth-order valence-electron chi connectivity index (χ4n) is 4.17. The first-order valence-corrected chi connectivity index (χ1v) is 10.4. The summed E-state index contributed by atoms with van der Waals surface area (Å²) in [7, 11) is 1.40. The number of methoxy groups -OCH3 is 1. The highest BCUT2D eigenvalue weighted by Gasteiger charge is 2.57. The highest BCUT2D eigenvalue weighted by Crippen LogP contribution is 2.40. The maximum absolute atomic E-state index is 12.3. The summed E-state index contributed by atoms with van der Waals surface area (Å²) < 4.78 is 24.8. The van der Waals surface area contributed by atoms with Crippen LogP contribution in [0.3, 0.4) is 0 Å². The molecule has 11 nitrogen and oxygen atoms in total. The number of nitrogens with zero attached hydrogens (tertiary/aromatic N) is 5. The quantitative estimate of drug-likeness (QED) is 0.239. The van der Waals surface area contributed by atoms with E-state index in [0.29, 0.717) is 0 Å². The first-order chi connectivity index (χ1) is 15.5. The molecular formula is C19H17Cl2N5O6. The molecule has 0 aliphatic carbocycles. The van der Waals surface area contributed by atoms with E-state index in [1.54, 1.807) is 0 Å². The van der Waals surface area contributed by atoms with Crippen molar-refractivity contribution in [3.05, 3.63) is 62.8 Å². The number of hydrogen-bond donors (Lipinski definition) is 0. The monoisotopic (exact) mass is 481 g/mol. The summed E-state index contributed by atoms with van der Waals surface area (Å²) in [5.74, 6) is 0. The lowest BCUT2D eigenvalue weighted by atomic mass is 9.93. The fraction of sp³-hybridized carbons (Fsp3) is 0.421. The van der Waals surface area contributed by atoms with E-state index >= 15 is 0 Å². The Bertz CT molecular complexity index is 1150. The van der Waals surface area contributed by atoms with E-state index < -0.39 is 41.8 Å². The molecule has 0 bridgehead atoms. The molecule has 0 amide bonds. The van der Waals surface area contributed by atoms with Gasteiger partial charge in [-0.05, 0) is 11.6 Å². The van der Waals surface area contributed by atoms with E-state index in [-0.39, 0.29) is 28.2 Å². The molecule has 3 aromatic rings. The Morgan fingerprint density at radius 3 is 2.72 bits per heavy atom. The van der Waals surface area contributed by atoms with Gasteiger partial charge >= 0.3 is 0 Å². The third-order valence-electron chi connectivity index (χ3n) is 5.55. The fourth-order valence-corrected chi connectivity index (χ4v) is 4.59. The van der Waals surface area contributed by atoms with E-state index in [2.05, 4.69) is 15.0 Å². The van der Waals surface area contributed by atoms with Gasteiger partial charge in [0.2, 0.25) is 5.28 Å². The van der Waals surface area contributed by atoms with Crippen molar-refractivity contribution in [2.24, 2.45) is 0 Å². The van der Waals surface area contributed by atoms with Crippen molar-refractivity contribution in [2.45, 2.75) is 36.9 Å². The van der Waals surface area contributed by atoms with Gasteiger partial charge in [0.15, 0.2) is 35.5 Å². The summed E-state index contributed by atoms with van der Waals surface area (Å²) in [6.45, 7) is 0.103. The van der Waals surface area contributed by atoms with Gasteiger partial charge in [-0.15, -0.1) is 0 Å². The van der Waals surface area contributed by atoms with Crippen molar-refractivity contribution in [2.75, 3.05) is 13.7 Å². The highest BCUT2D eigenvalue weighted by molar-refractivity contribution is 6.35. The summed E-state index contributed by atoms with van der Waals surface area (Å²) in [6.07, 6.45) is -2.02. The van der Waals surface area contributed by atoms with Crippen LogP contribution in [0.15, 0.2) is 36.7 Å². The molecule has 6 atom stereocenters. The van der Waals surface area contributed by atoms with Crippen LogP contribution in [0.25, 0.3) is 11.2 Å². The van der Waals surface area contributed by atoms with Crippen molar-refractivity contribution < 1.29 is 23.9 Å². The number of aromatic nitrogens is 4. The van der Waals surface area contributed by atoms with Crippen LogP contribution in [0, 0.1) is 10.1 Å². The summed E-state index contributed by atoms with van der Waals surface area (Å²) >= 11 is 12.1. The molecule has 0 radical (unpaired) electrons. The number of halogens is 2. The lowest BCUT2D eigenvalue weighted by Gasteiger charge is -2.45. The molecule has 2 aliphatic rings. The summed E-state index contributed by atoms with van der Waals surface area (Å²) in [6, 6.07) is 6.96. The average Bonchev–Trinajstić information content (AvgIpc) is 3.21. The third-order valence-corrected chi connectivity index (χ3v) is 5.99. The van der Waals surface area contributed by atoms with Crippen LogP contribution >= 0.6 is 23.2 Å². The number of rotatable bonds is 4. The predicted molar refractivity (Wildman–Crippen MR) is 111 cm³/mol. The van der Waals surface area contributed by atoms with E-state index in [4.69, 9.17) is 42.1 Å². The van der Waals surface area contributed by atoms with E-state index in [1.165, 1.54) is 18.0 Å². The van der Waals surface area contributed by atoms with Gasteiger partial charge in [0.1, 0.15) is 11.6 Å². The zero-order chi connectivity index (χ0) is 22.4. The number of nitro groups is 1. The predicted octanol–water partition coefficient (Wildman–Crippen LogP) is 2.81. The summed E-state index contributed by atoms with van der Waals surface area (Å²) in [5, 5.41) is 12.3. The molecule has 2 fully saturated rings. The minimum Gasteiger partial charge on any atom is -0.353 e. The molecule has 2 aromatic heterocycles. The topological polar surface area (TPSA) is 124 Å². The van der Waals surface area contributed by atoms with Crippen LogP contribution in [-0.4, -0.2) is 62.7 Å². The number of fused-ring (bicyclic) bond motifs is 2. The second kappa shape index (κ2) is 8.50. The highest BCUT2D eigenvalue weighted by atomic mass is 35.5. The Labute approximate surface area is 191 Å². The van der Waals surface area contributed by atoms with Gasteiger partial charge in [-0.2, -0.15) is 4.98 Å². The molecule has 1 aromatic carbocycles. The zero-order valence-corrected chi connectivity index (χ0v) is 18.1. The zero-order valence-electron chi connectivity index (χ0n) is 16.6. The standard InChI is InChI=1S/C19H17Cl2N5O6/c1-29-18-13(25-8-22-11-15(20)23-19(21)24-16(11)25)12(26(27)28)14-10(31-18)7-30-17(32-14)9-5-3-2-4-6-9/h2-6,8,10,12-14,17-18H,7H2,1H3/t10-,12-,13-,14-,17?,18-/m1/s1. The van der Waals surface area contributed by atoms with Crippen LogP contribution < -0.4 is 0 Å². The van der Waals surface area contributed by atoms with Crippen molar-refractivity contribution in [3.8, 4) is 0 Å². The van der Waals surface area contributed by atoms with E-state index in [9.17, 15) is 10.1 Å². The molecular weight excluding hydrogens is 465 g/mol.